The Hall–Kier alpha value is -2.62. The number of carbonyl (C=O) groups is 4. The van der Waals surface area contributed by atoms with Gasteiger partial charge in [-0.2, -0.15) is 12.6 Å². The molecule has 0 fully saturated rings. The summed E-state index contributed by atoms with van der Waals surface area (Å²) >= 11 is 4.01. The number of aliphatic hydroxyl groups is 1. The Bertz CT molecular complexity index is 676. The van der Waals surface area contributed by atoms with Gasteiger partial charge in [0.15, 0.2) is 5.96 Å². The summed E-state index contributed by atoms with van der Waals surface area (Å²) < 4.78 is 0. The van der Waals surface area contributed by atoms with Crippen LogP contribution in [0.5, 0.6) is 0 Å². The zero-order chi connectivity index (χ0) is 25.4. The van der Waals surface area contributed by atoms with E-state index in [0.29, 0.717) is 32.2 Å². The zero-order valence-electron chi connectivity index (χ0n) is 18.4. The molecule has 0 radical (unpaired) electrons. The molecule has 0 aromatic carbocycles. The maximum Gasteiger partial charge on any atom is 0.328 e. The van der Waals surface area contributed by atoms with E-state index in [2.05, 4.69) is 33.6 Å². The monoisotopic (exact) mass is 492 g/mol. The van der Waals surface area contributed by atoms with Crippen LogP contribution in [0.25, 0.3) is 0 Å². The Morgan fingerprint density at radius 2 is 1.45 bits per heavy atom. The van der Waals surface area contributed by atoms with Crippen LogP contribution in [0.4, 0.5) is 0 Å². The average Bonchev–Trinajstić information content (AvgIpc) is 2.76. The number of thiol groups is 1. The lowest BCUT2D eigenvalue weighted by atomic mass is 10.1. The summed E-state index contributed by atoms with van der Waals surface area (Å²) in [5, 5.41) is 25.1. The Morgan fingerprint density at radius 3 is 1.97 bits per heavy atom. The highest BCUT2D eigenvalue weighted by Gasteiger charge is 2.29. The first-order valence-corrected chi connectivity index (χ1v) is 11.1. The standard InChI is InChI=1S/C18H36N8O6S/c19-6-2-1-4-10(20)14(28)24-11(5-3-7-23-18(21)22)15(29)26-13(9-33)16(30)25-12(8-27)17(31)32/h10-13,27,33H,1-9,19-20H2,(H,24,28)(H,25,30)(H,26,29)(H,31,32)(H4,21,22,23). The molecule has 0 aliphatic heterocycles. The molecular weight excluding hydrogens is 456 g/mol. The summed E-state index contributed by atoms with van der Waals surface area (Å²) in [7, 11) is 0. The van der Waals surface area contributed by atoms with Crippen LogP contribution in [-0.4, -0.2) is 89.5 Å². The van der Waals surface area contributed by atoms with Crippen LogP contribution < -0.4 is 38.9 Å². The number of aliphatic carboxylic acids is 1. The normalized spacial score (nSPS) is 14.3. The predicted octanol–water partition coefficient (Wildman–Crippen LogP) is -4.04. The molecular formula is C18H36N8O6S. The van der Waals surface area contributed by atoms with Gasteiger partial charge in [-0.1, -0.05) is 6.42 Å². The molecule has 0 aliphatic carbocycles. The third-order valence-corrected chi connectivity index (χ3v) is 4.86. The van der Waals surface area contributed by atoms with Gasteiger partial charge in [-0.15, -0.1) is 0 Å². The number of carboxylic acids is 1. The van der Waals surface area contributed by atoms with Crippen molar-refractivity contribution in [1.82, 2.24) is 16.0 Å². The number of aliphatic hydroxyl groups excluding tert-OH is 1. The van der Waals surface area contributed by atoms with Crippen LogP contribution >= 0.6 is 12.6 Å². The van der Waals surface area contributed by atoms with E-state index in [1.165, 1.54) is 0 Å². The van der Waals surface area contributed by atoms with E-state index >= 15 is 0 Å². The molecule has 0 aromatic heterocycles. The van der Waals surface area contributed by atoms with Crippen molar-refractivity contribution in [2.24, 2.45) is 27.9 Å². The molecule has 0 bridgehead atoms. The van der Waals surface area contributed by atoms with Crippen LogP contribution in [0.15, 0.2) is 4.99 Å². The van der Waals surface area contributed by atoms with Crippen molar-refractivity contribution in [3.63, 3.8) is 0 Å². The van der Waals surface area contributed by atoms with Gasteiger partial charge in [-0.25, -0.2) is 4.79 Å². The number of rotatable bonds is 17. The fraction of sp³-hybridized carbons (Fsp3) is 0.722. The quantitative estimate of drug-likeness (QED) is 0.0406. The van der Waals surface area contributed by atoms with Crippen molar-refractivity contribution in [3.05, 3.63) is 0 Å². The number of hydrogen-bond donors (Lipinski definition) is 10. The third-order valence-electron chi connectivity index (χ3n) is 4.50. The van der Waals surface area contributed by atoms with Gasteiger partial charge in [0.2, 0.25) is 17.7 Å². The van der Waals surface area contributed by atoms with Crippen LogP contribution in [0.1, 0.15) is 32.1 Å². The lowest BCUT2D eigenvalue weighted by molar-refractivity contribution is -0.143. The number of guanidine groups is 1. The smallest absolute Gasteiger partial charge is 0.328 e. The molecule has 0 heterocycles. The molecule has 0 rings (SSSR count). The van der Waals surface area contributed by atoms with Gasteiger partial charge in [-0.3, -0.25) is 19.4 Å². The van der Waals surface area contributed by atoms with E-state index in [1.807, 2.05) is 0 Å². The molecule has 15 heteroatoms. The van der Waals surface area contributed by atoms with Crippen LogP contribution in [0.3, 0.4) is 0 Å². The summed E-state index contributed by atoms with van der Waals surface area (Å²) in [5.41, 5.74) is 21.9. The molecule has 4 atom stereocenters. The van der Waals surface area contributed by atoms with Gasteiger partial charge in [0.05, 0.1) is 12.6 Å². The van der Waals surface area contributed by atoms with Crippen LogP contribution in [0, 0.1) is 0 Å². The maximum atomic E-state index is 12.8. The molecule has 0 aromatic rings. The lowest BCUT2D eigenvalue weighted by Gasteiger charge is -2.24. The first kappa shape index (κ1) is 30.4. The average molecular weight is 493 g/mol. The van der Waals surface area contributed by atoms with Gasteiger partial charge in [0, 0.05) is 12.3 Å². The van der Waals surface area contributed by atoms with Crippen molar-refractivity contribution in [3.8, 4) is 0 Å². The van der Waals surface area contributed by atoms with Crippen molar-refractivity contribution in [2.45, 2.75) is 56.3 Å². The third kappa shape index (κ3) is 12.9. The van der Waals surface area contributed by atoms with Crippen molar-refractivity contribution in [1.29, 1.82) is 0 Å². The van der Waals surface area contributed by atoms with E-state index in [1.54, 1.807) is 0 Å². The molecule has 14 nitrogen and oxygen atoms in total. The molecule has 190 valence electrons. The highest BCUT2D eigenvalue weighted by atomic mass is 32.1. The summed E-state index contributed by atoms with van der Waals surface area (Å²) in [6, 6.07) is -4.67. The molecule has 0 saturated heterocycles. The highest BCUT2D eigenvalue weighted by molar-refractivity contribution is 7.80. The van der Waals surface area contributed by atoms with Crippen LogP contribution in [-0.2, 0) is 19.2 Å². The number of hydrogen-bond acceptors (Lipinski definition) is 9. The largest absolute Gasteiger partial charge is 0.480 e. The second-order valence-electron chi connectivity index (χ2n) is 7.23. The summed E-state index contributed by atoms with van der Waals surface area (Å²) in [6.07, 6.45) is 2.20. The topological polar surface area (TPSA) is 261 Å². The number of nitrogens with two attached hydrogens (primary N) is 4. The van der Waals surface area contributed by atoms with Crippen molar-refractivity contribution < 1.29 is 29.4 Å². The first-order valence-electron chi connectivity index (χ1n) is 10.4. The minimum atomic E-state index is -1.54. The second-order valence-corrected chi connectivity index (χ2v) is 7.59. The Labute approximate surface area is 197 Å². The molecule has 0 aliphatic rings. The fourth-order valence-corrected chi connectivity index (χ4v) is 2.87. The summed E-state index contributed by atoms with van der Waals surface area (Å²) in [5.74, 6) is -3.83. The van der Waals surface area contributed by atoms with E-state index in [-0.39, 0.29) is 24.7 Å². The van der Waals surface area contributed by atoms with E-state index in [9.17, 15) is 19.2 Å². The number of nitrogens with one attached hydrogen (secondary N) is 3. The minimum Gasteiger partial charge on any atom is -0.480 e. The molecule has 0 spiro atoms. The molecule has 33 heavy (non-hydrogen) atoms. The highest BCUT2D eigenvalue weighted by Crippen LogP contribution is 2.04. The summed E-state index contributed by atoms with van der Waals surface area (Å²) in [4.78, 5) is 52.4. The number of aliphatic imine (C=N–C) groups is 1. The predicted molar refractivity (Wildman–Crippen MR) is 125 cm³/mol. The number of nitrogens with zero attached hydrogens (tertiary/aromatic N) is 1. The van der Waals surface area contributed by atoms with Crippen molar-refractivity contribution >= 4 is 42.3 Å². The van der Waals surface area contributed by atoms with Gasteiger partial charge in [0.1, 0.15) is 18.1 Å². The molecule has 4 unspecified atom stereocenters. The van der Waals surface area contributed by atoms with Gasteiger partial charge < -0.3 is 49.1 Å². The van der Waals surface area contributed by atoms with Gasteiger partial charge in [-0.05, 0) is 32.2 Å². The fourth-order valence-electron chi connectivity index (χ4n) is 2.62. The van der Waals surface area contributed by atoms with Gasteiger partial charge >= 0.3 is 5.97 Å². The minimum absolute atomic E-state index is 0.120. The lowest BCUT2D eigenvalue weighted by Crippen LogP contribution is -2.58. The number of carbonyl (C=O) groups excluding carboxylic acids is 3. The van der Waals surface area contributed by atoms with Gasteiger partial charge in [0.25, 0.3) is 0 Å². The first-order chi connectivity index (χ1) is 15.6. The Morgan fingerprint density at radius 1 is 0.879 bits per heavy atom. The number of unbranched alkanes of at least 4 members (excludes halogenated alkanes) is 1. The van der Waals surface area contributed by atoms with E-state index in [0.717, 1.165) is 0 Å². The molecule has 13 N–H and O–H groups in total. The second kappa shape index (κ2) is 16.9. The van der Waals surface area contributed by atoms with Crippen molar-refractivity contribution in [2.75, 3.05) is 25.4 Å². The Balaban J connectivity index is 5.22. The summed E-state index contributed by atoms with van der Waals surface area (Å²) in [6.45, 7) is -0.159. The van der Waals surface area contributed by atoms with E-state index < -0.39 is 54.5 Å². The zero-order valence-corrected chi connectivity index (χ0v) is 19.3. The number of carboxylic acid groups (broad SMARTS) is 1. The number of amides is 3. The Kier molecular flexibility index (Phi) is 15.6. The van der Waals surface area contributed by atoms with E-state index in [4.69, 9.17) is 33.1 Å². The molecule has 3 amide bonds. The SMILES string of the molecule is NCCCCC(N)C(=O)NC(CCCN=C(N)N)C(=O)NC(CS)C(=O)NC(CO)C(=O)O. The molecule has 0 saturated carbocycles. The van der Waals surface area contributed by atoms with Crippen LogP contribution in [0.2, 0.25) is 0 Å². The maximum absolute atomic E-state index is 12.8.